The molecule has 0 rings (SSSR count). The lowest BCUT2D eigenvalue weighted by molar-refractivity contribution is -0.125. The summed E-state index contributed by atoms with van der Waals surface area (Å²) in [6.07, 6.45) is 2.53. The largest absolute Gasteiger partial charge is 0.416 e. The smallest absolute Gasteiger partial charge is 0.245 e. The standard InChI is InChI=1S/C9H19NO2Si.C6H11NO2/c1-6-9(11)10(2)7-8-12-13(3,4)5;1-3-6(9)7(2)4-5-8/h6H,1,7-8H2,2-5H3;3,8H,1,4-5H2,2H3. The summed E-state index contributed by atoms with van der Waals surface area (Å²) in [7, 11) is 1.93. The number of likely N-dealkylation sites (N-methyl/N-ethyl adjacent to an activating group) is 2. The molecule has 0 aromatic carbocycles. The van der Waals surface area contributed by atoms with Crippen molar-refractivity contribution in [2.24, 2.45) is 0 Å². The highest BCUT2D eigenvalue weighted by molar-refractivity contribution is 6.69. The van der Waals surface area contributed by atoms with Crippen molar-refractivity contribution in [3.05, 3.63) is 25.3 Å². The fourth-order valence-corrected chi connectivity index (χ4v) is 1.87. The Kier molecular flexibility index (Phi) is 12.6. The summed E-state index contributed by atoms with van der Waals surface area (Å²) in [6, 6.07) is 0. The number of aliphatic hydroxyl groups is 1. The number of carbonyl (C=O) groups is 2. The molecule has 2 amide bonds. The van der Waals surface area contributed by atoms with E-state index in [2.05, 4.69) is 32.8 Å². The molecular formula is C15H30N2O4Si. The molecule has 0 atom stereocenters. The summed E-state index contributed by atoms with van der Waals surface area (Å²) >= 11 is 0. The van der Waals surface area contributed by atoms with Gasteiger partial charge in [0.15, 0.2) is 8.32 Å². The van der Waals surface area contributed by atoms with Crippen molar-refractivity contribution >= 4 is 20.1 Å². The van der Waals surface area contributed by atoms with Gasteiger partial charge in [0.05, 0.1) is 13.2 Å². The van der Waals surface area contributed by atoms with Crippen LogP contribution in [0.4, 0.5) is 0 Å². The zero-order valence-corrected chi connectivity index (χ0v) is 15.5. The van der Waals surface area contributed by atoms with Crippen molar-refractivity contribution in [1.82, 2.24) is 9.80 Å². The van der Waals surface area contributed by atoms with Crippen molar-refractivity contribution in [1.29, 1.82) is 0 Å². The van der Waals surface area contributed by atoms with E-state index in [0.29, 0.717) is 19.7 Å². The van der Waals surface area contributed by atoms with Crippen molar-refractivity contribution in [3.63, 3.8) is 0 Å². The highest BCUT2D eigenvalue weighted by atomic mass is 28.4. The van der Waals surface area contributed by atoms with Crippen LogP contribution in [0, 0.1) is 0 Å². The van der Waals surface area contributed by atoms with E-state index in [0.717, 1.165) is 0 Å². The first kappa shape index (κ1) is 22.8. The molecule has 22 heavy (non-hydrogen) atoms. The number of nitrogens with zero attached hydrogens (tertiary/aromatic N) is 2. The van der Waals surface area contributed by atoms with E-state index < -0.39 is 8.32 Å². The molecule has 0 saturated carbocycles. The van der Waals surface area contributed by atoms with Gasteiger partial charge in [-0.15, -0.1) is 0 Å². The quantitative estimate of drug-likeness (QED) is 0.534. The fourth-order valence-electron chi connectivity index (χ4n) is 1.17. The fraction of sp³-hybridized carbons (Fsp3) is 0.600. The third-order valence-electron chi connectivity index (χ3n) is 2.50. The van der Waals surface area contributed by atoms with E-state index in [1.54, 1.807) is 19.0 Å². The van der Waals surface area contributed by atoms with Gasteiger partial charge in [-0.1, -0.05) is 13.2 Å². The van der Waals surface area contributed by atoms with Crippen LogP contribution in [0.3, 0.4) is 0 Å². The summed E-state index contributed by atoms with van der Waals surface area (Å²) in [5.74, 6) is -0.219. The van der Waals surface area contributed by atoms with Crippen molar-refractivity contribution in [3.8, 4) is 0 Å². The van der Waals surface area contributed by atoms with Gasteiger partial charge in [-0.3, -0.25) is 9.59 Å². The van der Waals surface area contributed by atoms with Gasteiger partial charge in [-0.05, 0) is 31.8 Å². The van der Waals surface area contributed by atoms with E-state index in [1.807, 2.05) is 0 Å². The molecule has 0 aliphatic carbocycles. The van der Waals surface area contributed by atoms with Gasteiger partial charge in [-0.2, -0.15) is 0 Å². The third-order valence-corrected chi connectivity index (χ3v) is 3.57. The molecule has 0 fully saturated rings. The molecule has 128 valence electrons. The predicted molar refractivity (Wildman–Crippen MR) is 92.1 cm³/mol. The van der Waals surface area contributed by atoms with Gasteiger partial charge in [-0.25, -0.2) is 0 Å². The van der Waals surface area contributed by atoms with Crippen LogP contribution >= 0.6 is 0 Å². The first-order valence-electron chi connectivity index (χ1n) is 7.09. The average molecular weight is 331 g/mol. The lowest BCUT2D eigenvalue weighted by atomic mass is 10.5. The van der Waals surface area contributed by atoms with Crippen LogP contribution in [0.25, 0.3) is 0 Å². The van der Waals surface area contributed by atoms with Crippen LogP contribution < -0.4 is 0 Å². The number of aliphatic hydroxyl groups excluding tert-OH is 1. The first-order valence-corrected chi connectivity index (χ1v) is 10.5. The minimum absolute atomic E-state index is 0.00389. The summed E-state index contributed by atoms with van der Waals surface area (Å²) < 4.78 is 5.61. The Morgan fingerprint density at radius 3 is 1.77 bits per heavy atom. The first-order chi connectivity index (χ1) is 10.1. The van der Waals surface area contributed by atoms with E-state index in [-0.39, 0.29) is 18.4 Å². The summed E-state index contributed by atoms with van der Waals surface area (Å²) in [5.41, 5.74) is 0. The molecule has 0 unspecified atom stereocenters. The van der Waals surface area contributed by atoms with Gasteiger partial charge in [0.25, 0.3) is 0 Å². The minimum Gasteiger partial charge on any atom is -0.416 e. The molecular weight excluding hydrogens is 300 g/mol. The van der Waals surface area contributed by atoms with Gasteiger partial charge in [0.1, 0.15) is 0 Å². The van der Waals surface area contributed by atoms with E-state index in [1.165, 1.54) is 17.1 Å². The zero-order chi connectivity index (χ0) is 17.8. The minimum atomic E-state index is -1.43. The molecule has 0 heterocycles. The molecule has 0 aliphatic heterocycles. The van der Waals surface area contributed by atoms with E-state index >= 15 is 0 Å². The maximum absolute atomic E-state index is 11.0. The van der Waals surface area contributed by atoms with Gasteiger partial charge in [0, 0.05) is 27.2 Å². The highest BCUT2D eigenvalue weighted by Gasteiger charge is 2.14. The van der Waals surface area contributed by atoms with E-state index in [9.17, 15) is 9.59 Å². The Labute approximate surface area is 135 Å². The normalized spacial score (nSPS) is 10.1. The molecule has 0 radical (unpaired) electrons. The Hall–Kier alpha value is -1.44. The third kappa shape index (κ3) is 13.5. The molecule has 0 aromatic heterocycles. The molecule has 0 aromatic rings. The van der Waals surface area contributed by atoms with Gasteiger partial charge < -0.3 is 19.3 Å². The molecule has 6 nitrogen and oxygen atoms in total. The number of hydrogen-bond acceptors (Lipinski definition) is 4. The van der Waals surface area contributed by atoms with Crippen molar-refractivity contribution in [2.45, 2.75) is 19.6 Å². The SMILES string of the molecule is C=CC(=O)N(C)CCO.C=CC(=O)N(C)CCO[Si](C)(C)C. The summed E-state index contributed by atoms with van der Waals surface area (Å²) in [6.45, 7) is 14.7. The molecule has 0 bridgehead atoms. The Morgan fingerprint density at radius 1 is 1.05 bits per heavy atom. The van der Waals surface area contributed by atoms with Crippen LogP contribution in [0.5, 0.6) is 0 Å². The number of carbonyl (C=O) groups excluding carboxylic acids is 2. The summed E-state index contributed by atoms with van der Waals surface area (Å²) in [5, 5.41) is 8.35. The van der Waals surface area contributed by atoms with Gasteiger partial charge >= 0.3 is 0 Å². The van der Waals surface area contributed by atoms with Crippen LogP contribution in [0.2, 0.25) is 19.6 Å². The topological polar surface area (TPSA) is 70.1 Å². The monoisotopic (exact) mass is 330 g/mol. The predicted octanol–water partition coefficient (Wildman–Crippen LogP) is 1.11. The Balaban J connectivity index is 0. The second-order valence-corrected chi connectivity index (χ2v) is 10.1. The average Bonchev–Trinajstić information content (AvgIpc) is 2.44. The lowest BCUT2D eigenvalue weighted by Crippen LogP contribution is -2.33. The zero-order valence-electron chi connectivity index (χ0n) is 14.5. The molecule has 7 heteroatoms. The van der Waals surface area contributed by atoms with Crippen LogP contribution in [-0.4, -0.2) is 75.4 Å². The van der Waals surface area contributed by atoms with Crippen molar-refractivity contribution < 1.29 is 19.1 Å². The molecule has 0 aliphatic rings. The second kappa shape index (κ2) is 12.1. The number of amides is 2. The van der Waals surface area contributed by atoms with E-state index in [4.69, 9.17) is 9.53 Å². The maximum atomic E-state index is 11.0. The number of rotatable bonds is 8. The summed E-state index contributed by atoms with van der Waals surface area (Å²) in [4.78, 5) is 24.6. The Bertz CT molecular complexity index is 367. The number of hydrogen-bond donors (Lipinski definition) is 1. The highest BCUT2D eigenvalue weighted by Crippen LogP contribution is 2.01. The lowest BCUT2D eigenvalue weighted by Gasteiger charge is -2.20. The molecule has 0 saturated heterocycles. The van der Waals surface area contributed by atoms with Crippen molar-refractivity contribution in [2.75, 3.05) is 40.4 Å². The Morgan fingerprint density at radius 2 is 1.45 bits per heavy atom. The molecule has 0 spiro atoms. The van der Waals surface area contributed by atoms with Crippen LogP contribution in [-0.2, 0) is 14.0 Å². The van der Waals surface area contributed by atoms with Gasteiger partial charge in [0.2, 0.25) is 11.8 Å². The maximum Gasteiger partial charge on any atom is 0.245 e. The second-order valence-electron chi connectivity index (χ2n) is 5.61. The van der Waals surface area contributed by atoms with Crippen LogP contribution in [0.1, 0.15) is 0 Å². The molecule has 1 N–H and O–H groups in total. The van der Waals surface area contributed by atoms with Crippen LogP contribution in [0.15, 0.2) is 25.3 Å².